The molecular formula is C15H12F2O. The van der Waals surface area contributed by atoms with Gasteiger partial charge >= 0.3 is 0 Å². The molecule has 0 fully saturated rings. The van der Waals surface area contributed by atoms with Gasteiger partial charge in [0.05, 0.1) is 0 Å². The van der Waals surface area contributed by atoms with E-state index in [1.807, 2.05) is 30.3 Å². The molecule has 0 heterocycles. The number of benzene rings is 2. The Labute approximate surface area is 104 Å². The van der Waals surface area contributed by atoms with Crippen molar-refractivity contribution in [2.24, 2.45) is 0 Å². The highest BCUT2D eigenvalue weighted by molar-refractivity contribution is 5.96. The number of hydrogen-bond acceptors (Lipinski definition) is 1. The van der Waals surface area contributed by atoms with Crippen LogP contribution in [0.3, 0.4) is 0 Å². The van der Waals surface area contributed by atoms with Gasteiger partial charge in [0, 0.05) is 18.1 Å². The molecule has 1 nitrogen and oxygen atoms in total. The monoisotopic (exact) mass is 246 g/mol. The maximum absolute atomic E-state index is 13.0. The lowest BCUT2D eigenvalue weighted by molar-refractivity contribution is 0.0982. The molecule has 0 amide bonds. The number of carbonyl (C=O) groups excluding carboxylic acids is 1. The Balaban J connectivity index is 2.04. The van der Waals surface area contributed by atoms with Crippen LogP contribution in [0.5, 0.6) is 0 Å². The molecule has 18 heavy (non-hydrogen) atoms. The number of hydrogen-bond donors (Lipinski definition) is 0. The fourth-order valence-corrected chi connectivity index (χ4v) is 1.76. The summed E-state index contributed by atoms with van der Waals surface area (Å²) >= 11 is 0. The molecule has 0 aromatic heterocycles. The first-order chi connectivity index (χ1) is 8.65. The number of halogens is 2. The van der Waals surface area contributed by atoms with E-state index in [4.69, 9.17) is 0 Å². The Morgan fingerprint density at radius 2 is 1.56 bits per heavy atom. The summed E-state index contributed by atoms with van der Waals surface area (Å²) in [5.41, 5.74) is 1.12. The first kappa shape index (κ1) is 12.4. The predicted octanol–water partition coefficient (Wildman–Crippen LogP) is 3.78. The molecule has 0 saturated carbocycles. The van der Waals surface area contributed by atoms with E-state index in [1.165, 1.54) is 0 Å². The Morgan fingerprint density at radius 1 is 0.944 bits per heavy atom. The van der Waals surface area contributed by atoms with Crippen LogP contribution in [0.4, 0.5) is 8.78 Å². The largest absolute Gasteiger partial charge is 0.294 e. The number of carbonyl (C=O) groups is 1. The van der Waals surface area contributed by atoms with Gasteiger partial charge in [-0.15, -0.1) is 0 Å². The summed E-state index contributed by atoms with van der Waals surface area (Å²) in [7, 11) is 0. The highest BCUT2D eigenvalue weighted by Crippen LogP contribution is 2.12. The van der Waals surface area contributed by atoms with Crippen molar-refractivity contribution in [3.63, 3.8) is 0 Å². The van der Waals surface area contributed by atoms with Crippen LogP contribution in [0.2, 0.25) is 0 Å². The van der Waals surface area contributed by atoms with Crippen molar-refractivity contribution >= 4 is 5.78 Å². The molecule has 0 atom stereocenters. The Morgan fingerprint density at radius 3 is 2.17 bits per heavy atom. The Bertz CT molecular complexity index is 529. The van der Waals surface area contributed by atoms with Crippen molar-refractivity contribution in [3.8, 4) is 0 Å². The van der Waals surface area contributed by atoms with E-state index in [2.05, 4.69) is 0 Å². The first-order valence-corrected chi connectivity index (χ1v) is 5.68. The lowest BCUT2D eigenvalue weighted by Gasteiger charge is -2.02. The number of rotatable bonds is 4. The molecule has 0 N–H and O–H groups in total. The van der Waals surface area contributed by atoms with Crippen molar-refractivity contribution in [1.82, 2.24) is 0 Å². The molecule has 2 rings (SSSR count). The lowest BCUT2D eigenvalue weighted by atomic mass is 10.0. The number of ketones is 1. The van der Waals surface area contributed by atoms with Gasteiger partial charge in [0.15, 0.2) is 5.78 Å². The highest BCUT2D eigenvalue weighted by atomic mass is 19.1. The summed E-state index contributed by atoms with van der Waals surface area (Å²) < 4.78 is 25.9. The summed E-state index contributed by atoms with van der Waals surface area (Å²) in [5.74, 6) is -1.70. The second kappa shape index (κ2) is 5.54. The van der Waals surface area contributed by atoms with E-state index < -0.39 is 11.6 Å². The lowest BCUT2D eigenvalue weighted by Crippen LogP contribution is -2.02. The molecule has 0 spiro atoms. The molecule has 2 aromatic carbocycles. The fraction of sp³-hybridized carbons (Fsp3) is 0.133. The van der Waals surface area contributed by atoms with Crippen LogP contribution >= 0.6 is 0 Å². The summed E-state index contributed by atoms with van der Waals surface area (Å²) in [6, 6.07) is 12.4. The quantitative estimate of drug-likeness (QED) is 0.750. The van der Waals surface area contributed by atoms with Gasteiger partial charge in [-0.25, -0.2) is 8.78 Å². The van der Waals surface area contributed by atoms with Crippen LogP contribution in [-0.4, -0.2) is 5.78 Å². The Kier molecular flexibility index (Phi) is 3.82. The SMILES string of the molecule is O=C(CCc1ccccc1)c1cc(F)cc(F)c1. The highest BCUT2D eigenvalue weighted by Gasteiger charge is 2.09. The van der Waals surface area contributed by atoms with Crippen molar-refractivity contribution in [2.75, 3.05) is 0 Å². The van der Waals surface area contributed by atoms with E-state index in [1.54, 1.807) is 0 Å². The summed E-state index contributed by atoms with van der Waals surface area (Å²) in [4.78, 5) is 11.8. The van der Waals surface area contributed by atoms with Gasteiger partial charge in [0.2, 0.25) is 0 Å². The molecule has 0 aliphatic heterocycles. The Hall–Kier alpha value is -2.03. The van der Waals surface area contributed by atoms with Crippen molar-refractivity contribution in [2.45, 2.75) is 12.8 Å². The maximum Gasteiger partial charge on any atom is 0.163 e. The summed E-state index contributed by atoms with van der Waals surface area (Å²) in [5, 5.41) is 0. The zero-order valence-corrected chi connectivity index (χ0v) is 9.70. The standard InChI is InChI=1S/C15H12F2O/c16-13-8-12(9-14(17)10-13)15(18)7-6-11-4-2-1-3-5-11/h1-5,8-10H,6-7H2. The van der Waals surface area contributed by atoms with Crippen molar-refractivity contribution < 1.29 is 13.6 Å². The van der Waals surface area contributed by atoms with Gasteiger partial charge in [-0.3, -0.25) is 4.79 Å². The molecule has 3 heteroatoms. The van der Waals surface area contributed by atoms with Crippen LogP contribution in [-0.2, 0) is 6.42 Å². The average molecular weight is 246 g/mol. The van der Waals surface area contributed by atoms with Crippen LogP contribution in [0.25, 0.3) is 0 Å². The number of aryl methyl sites for hydroxylation is 1. The second-order valence-corrected chi connectivity index (χ2v) is 4.07. The minimum absolute atomic E-state index is 0.0865. The molecular weight excluding hydrogens is 234 g/mol. The van der Waals surface area contributed by atoms with Crippen LogP contribution in [0.15, 0.2) is 48.5 Å². The van der Waals surface area contributed by atoms with E-state index in [-0.39, 0.29) is 17.8 Å². The molecule has 0 radical (unpaired) electrons. The molecule has 0 aliphatic rings. The third kappa shape index (κ3) is 3.23. The van der Waals surface area contributed by atoms with E-state index >= 15 is 0 Å². The summed E-state index contributed by atoms with van der Waals surface area (Å²) in [6.45, 7) is 0. The van der Waals surface area contributed by atoms with E-state index in [0.717, 1.165) is 23.8 Å². The zero-order valence-electron chi connectivity index (χ0n) is 9.70. The van der Waals surface area contributed by atoms with Crippen molar-refractivity contribution in [1.29, 1.82) is 0 Å². The molecule has 2 aromatic rings. The smallest absolute Gasteiger partial charge is 0.163 e. The van der Waals surface area contributed by atoms with Crippen LogP contribution in [0.1, 0.15) is 22.3 Å². The van der Waals surface area contributed by atoms with Gasteiger partial charge < -0.3 is 0 Å². The first-order valence-electron chi connectivity index (χ1n) is 5.68. The van der Waals surface area contributed by atoms with Gasteiger partial charge in [-0.2, -0.15) is 0 Å². The van der Waals surface area contributed by atoms with Gasteiger partial charge in [-0.05, 0) is 24.1 Å². The predicted molar refractivity (Wildman–Crippen MR) is 65.5 cm³/mol. The average Bonchev–Trinajstić information content (AvgIpc) is 2.36. The zero-order chi connectivity index (χ0) is 13.0. The molecule has 0 aliphatic carbocycles. The third-order valence-electron chi connectivity index (χ3n) is 2.67. The van der Waals surface area contributed by atoms with Gasteiger partial charge in [-0.1, -0.05) is 30.3 Å². The molecule has 0 saturated heterocycles. The fourth-order valence-electron chi connectivity index (χ4n) is 1.76. The van der Waals surface area contributed by atoms with Gasteiger partial charge in [0.25, 0.3) is 0 Å². The van der Waals surface area contributed by atoms with Crippen molar-refractivity contribution in [3.05, 3.63) is 71.3 Å². The van der Waals surface area contributed by atoms with E-state index in [0.29, 0.717) is 6.42 Å². The minimum Gasteiger partial charge on any atom is -0.294 e. The minimum atomic E-state index is -0.724. The van der Waals surface area contributed by atoms with Gasteiger partial charge in [0.1, 0.15) is 11.6 Å². The molecule has 0 bridgehead atoms. The van der Waals surface area contributed by atoms with E-state index in [9.17, 15) is 13.6 Å². The normalized spacial score (nSPS) is 10.3. The molecule has 92 valence electrons. The van der Waals surface area contributed by atoms with Crippen LogP contribution in [0, 0.1) is 11.6 Å². The second-order valence-electron chi connectivity index (χ2n) is 4.07. The summed E-state index contributed by atoms with van der Waals surface area (Å²) in [6.07, 6.45) is 0.810. The number of Topliss-reactive ketones (excluding diaryl/α,β-unsaturated/α-hetero) is 1. The molecule has 0 unspecified atom stereocenters. The topological polar surface area (TPSA) is 17.1 Å². The maximum atomic E-state index is 13.0. The van der Waals surface area contributed by atoms with Crippen LogP contribution < -0.4 is 0 Å². The third-order valence-corrected chi connectivity index (χ3v) is 2.67.